The molecule has 0 bridgehead atoms. The van der Waals surface area contributed by atoms with E-state index in [9.17, 15) is 4.79 Å². The number of anilines is 1. The standard InChI is InChI=1S/C18H16N2O2/c1-13-5-2-3-7-17(13)22-12-18(21)20-15-8-9-16-14(11-15)6-4-10-19-16/h2-11H,12H2,1H3,(H,20,21). The Hall–Kier alpha value is -2.88. The molecule has 4 nitrogen and oxygen atoms in total. The predicted octanol–water partition coefficient (Wildman–Crippen LogP) is 3.56. The van der Waals surface area contributed by atoms with Crippen molar-refractivity contribution in [2.45, 2.75) is 6.92 Å². The summed E-state index contributed by atoms with van der Waals surface area (Å²) in [6.45, 7) is 1.93. The molecule has 0 aliphatic carbocycles. The molecule has 2 aromatic carbocycles. The van der Waals surface area contributed by atoms with Crippen molar-refractivity contribution in [2.75, 3.05) is 11.9 Å². The maximum Gasteiger partial charge on any atom is 0.262 e. The number of aryl methyl sites for hydroxylation is 1. The minimum Gasteiger partial charge on any atom is -0.483 e. The molecule has 1 amide bonds. The van der Waals surface area contributed by atoms with E-state index >= 15 is 0 Å². The van der Waals surface area contributed by atoms with E-state index in [1.165, 1.54) is 0 Å². The predicted molar refractivity (Wildman–Crippen MR) is 87.0 cm³/mol. The summed E-state index contributed by atoms with van der Waals surface area (Å²) in [5.41, 5.74) is 2.64. The van der Waals surface area contributed by atoms with Gasteiger partial charge in [-0.1, -0.05) is 24.3 Å². The summed E-state index contributed by atoms with van der Waals surface area (Å²) in [6, 6.07) is 17.1. The van der Waals surface area contributed by atoms with Crippen LogP contribution >= 0.6 is 0 Å². The van der Waals surface area contributed by atoms with Crippen molar-refractivity contribution in [3.8, 4) is 5.75 Å². The fourth-order valence-corrected chi connectivity index (χ4v) is 2.21. The van der Waals surface area contributed by atoms with Crippen LogP contribution in [-0.2, 0) is 4.79 Å². The van der Waals surface area contributed by atoms with E-state index in [0.29, 0.717) is 0 Å². The van der Waals surface area contributed by atoms with Crippen molar-refractivity contribution in [1.82, 2.24) is 4.98 Å². The normalized spacial score (nSPS) is 10.4. The van der Waals surface area contributed by atoms with Gasteiger partial charge in [0.2, 0.25) is 0 Å². The van der Waals surface area contributed by atoms with Crippen molar-refractivity contribution < 1.29 is 9.53 Å². The van der Waals surface area contributed by atoms with Crippen LogP contribution in [0.2, 0.25) is 0 Å². The highest BCUT2D eigenvalue weighted by atomic mass is 16.5. The van der Waals surface area contributed by atoms with E-state index in [0.717, 1.165) is 27.9 Å². The Morgan fingerprint density at radius 2 is 2.00 bits per heavy atom. The van der Waals surface area contributed by atoms with Crippen LogP contribution in [0.15, 0.2) is 60.8 Å². The molecular formula is C18H16N2O2. The first-order chi connectivity index (χ1) is 10.7. The number of ether oxygens (including phenoxy) is 1. The molecule has 0 saturated heterocycles. The van der Waals surface area contributed by atoms with Crippen LogP contribution in [0, 0.1) is 6.92 Å². The highest BCUT2D eigenvalue weighted by Crippen LogP contribution is 2.18. The van der Waals surface area contributed by atoms with Crippen LogP contribution in [0.25, 0.3) is 10.9 Å². The summed E-state index contributed by atoms with van der Waals surface area (Å²) in [4.78, 5) is 16.2. The van der Waals surface area contributed by atoms with Gasteiger partial charge < -0.3 is 10.1 Å². The summed E-state index contributed by atoms with van der Waals surface area (Å²) in [7, 11) is 0. The number of amides is 1. The largest absolute Gasteiger partial charge is 0.483 e. The molecule has 3 aromatic rings. The van der Waals surface area contributed by atoms with Gasteiger partial charge in [-0.2, -0.15) is 0 Å². The first-order valence-electron chi connectivity index (χ1n) is 7.05. The second-order valence-corrected chi connectivity index (χ2v) is 5.01. The molecule has 0 aliphatic rings. The van der Waals surface area contributed by atoms with Gasteiger partial charge in [0, 0.05) is 17.3 Å². The average molecular weight is 292 g/mol. The van der Waals surface area contributed by atoms with Crippen molar-refractivity contribution in [1.29, 1.82) is 0 Å². The van der Waals surface area contributed by atoms with Gasteiger partial charge in [-0.3, -0.25) is 9.78 Å². The molecule has 0 unspecified atom stereocenters. The third-order valence-corrected chi connectivity index (χ3v) is 3.34. The molecule has 0 saturated carbocycles. The SMILES string of the molecule is Cc1ccccc1OCC(=O)Nc1ccc2ncccc2c1. The van der Waals surface area contributed by atoms with Crippen molar-refractivity contribution in [2.24, 2.45) is 0 Å². The number of para-hydroxylation sites is 1. The Kier molecular flexibility index (Phi) is 4.01. The lowest BCUT2D eigenvalue weighted by molar-refractivity contribution is -0.118. The van der Waals surface area contributed by atoms with Crippen LogP contribution in [0.3, 0.4) is 0 Å². The fraction of sp³-hybridized carbons (Fsp3) is 0.111. The molecule has 3 rings (SSSR count). The lowest BCUT2D eigenvalue weighted by Gasteiger charge is -2.09. The fourth-order valence-electron chi connectivity index (χ4n) is 2.21. The zero-order valence-corrected chi connectivity index (χ0v) is 12.2. The number of pyridine rings is 1. The van der Waals surface area contributed by atoms with Gasteiger partial charge in [0.1, 0.15) is 5.75 Å². The molecule has 1 N–H and O–H groups in total. The molecule has 1 heterocycles. The zero-order chi connectivity index (χ0) is 15.4. The third-order valence-electron chi connectivity index (χ3n) is 3.34. The van der Waals surface area contributed by atoms with Crippen molar-refractivity contribution in [3.63, 3.8) is 0 Å². The molecule has 4 heteroatoms. The van der Waals surface area contributed by atoms with Crippen molar-refractivity contribution in [3.05, 3.63) is 66.4 Å². The summed E-state index contributed by atoms with van der Waals surface area (Å²) >= 11 is 0. The molecule has 1 aromatic heterocycles. The van der Waals surface area contributed by atoms with Crippen LogP contribution in [-0.4, -0.2) is 17.5 Å². The number of carbonyl (C=O) groups excluding carboxylic acids is 1. The number of hydrogen-bond donors (Lipinski definition) is 1. The Labute approximate surface area is 128 Å². The topological polar surface area (TPSA) is 51.2 Å². The molecule has 0 aliphatic heterocycles. The summed E-state index contributed by atoms with van der Waals surface area (Å²) in [5, 5.41) is 3.82. The van der Waals surface area contributed by atoms with Gasteiger partial charge >= 0.3 is 0 Å². The molecule has 0 atom stereocenters. The number of nitrogens with zero attached hydrogens (tertiary/aromatic N) is 1. The second-order valence-electron chi connectivity index (χ2n) is 5.01. The van der Waals surface area contributed by atoms with E-state index in [1.807, 2.05) is 61.5 Å². The summed E-state index contributed by atoms with van der Waals surface area (Å²) in [5.74, 6) is 0.534. The highest BCUT2D eigenvalue weighted by molar-refractivity contribution is 5.94. The number of nitrogens with one attached hydrogen (secondary N) is 1. The van der Waals surface area contributed by atoms with Gasteiger partial charge in [-0.25, -0.2) is 0 Å². The number of aromatic nitrogens is 1. The van der Waals surface area contributed by atoms with Gasteiger partial charge in [-0.15, -0.1) is 0 Å². The number of rotatable bonds is 4. The lowest BCUT2D eigenvalue weighted by atomic mass is 10.2. The molecule has 0 fully saturated rings. The Balaban J connectivity index is 1.64. The zero-order valence-electron chi connectivity index (χ0n) is 12.2. The van der Waals surface area contributed by atoms with Crippen LogP contribution < -0.4 is 10.1 Å². The van der Waals surface area contributed by atoms with Crippen LogP contribution in [0.4, 0.5) is 5.69 Å². The lowest BCUT2D eigenvalue weighted by Crippen LogP contribution is -2.20. The Morgan fingerprint density at radius 1 is 1.14 bits per heavy atom. The number of hydrogen-bond acceptors (Lipinski definition) is 3. The van der Waals surface area contributed by atoms with E-state index in [2.05, 4.69) is 10.3 Å². The third kappa shape index (κ3) is 3.23. The first kappa shape index (κ1) is 14.1. The molecular weight excluding hydrogens is 276 g/mol. The van der Waals surface area contributed by atoms with E-state index in [4.69, 9.17) is 4.74 Å². The van der Waals surface area contributed by atoms with E-state index in [1.54, 1.807) is 6.20 Å². The number of benzene rings is 2. The highest BCUT2D eigenvalue weighted by Gasteiger charge is 2.06. The summed E-state index contributed by atoms with van der Waals surface area (Å²) < 4.78 is 5.53. The van der Waals surface area contributed by atoms with Crippen LogP contribution in [0.1, 0.15) is 5.56 Å². The van der Waals surface area contributed by atoms with E-state index in [-0.39, 0.29) is 12.5 Å². The van der Waals surface area contributed by atoms with E-state index < -0.39 is 0 Å². The maximum atomic E-state index is 12.0. The van der Waals surface area contributed by atoms with Gasteiger partial charge in [0.05, 0.1) is 5.52 Å². The molecule has 22 heavy (non-hydrogen) atoms. The molecule has 0 spiro atoms. The van der Waals surface area contributed by atoms with Gasteiger partial charge in [0.15, 0.2) is 6.61 Å². The van der Waals surface area contributed by atoms with Gasteiger partial charge in [-0.05, 0) is 42.8 Å². The minimum absolute atomic E-state index is 0.0179. The quantitative estimate of drug-likeness (QED) is 0.800. The second kappa shape index (κ2) is 6.26. The Morgan fingerprint density at radius 3 is 2.86 bits per heavy atom. The van der Waals surface area contributed by atoms with Crippen molar-refractivity contribution >= 4 is 22.5 Å². The molecule has 0 radical (unpaired) electrons. The maximum absolute atomic E-state index is 12.0. The Bertz CT molecular complexity index is 815. The monoisotopic (exact) mass is 292 g/mol. The van der Waals surface area contributed by atoms with Crippen LogP contribution in [0.5, 0.6) is 5.75 Å². The average Bonchev–Trinajstić information content (AvgIpc) is 2.54. The first-order valence-corrected chi connectivity index (χ1v) is 7.05. The number of carbonyl (C=O) groups is 1. The summed E-state index contributed by atoms with van der Waals surface area (Å²) in [6.07, 6.45) is 1.75. The van der Waals surface area contributed by atoms with Gasteiger partial charge in [0.25, 0.3) is 5.91 Å². The smallest absolute Gasteiger partial charge is 0.262 e. The minimum atomic E-state index is -0.188. The number of fused-ring (bicyclic) bond motifs is 1. The molecule has 110 valence electrons.